The summed E-state index contributed by atoms with van der Waals surface area (Å²) in [5.41, 5.74) is 0. The molecule has 0 bridgehead atoms. The third kappa shape index (κ3) is 3.05. The molecule has 0 unspecified atom stereocenters. The molecule has 0 heterocycles. The first-order chi connectivity index (χ1) is 12.9. The summed E-state index contributed by atoms with van der Waals surface area (Å²) in [5.74, 6) is 0.587. The van der Waals surface area contributed by atoms with Crippen molar-refractivity contribution >= 4 is 40.1 Å². The maximum Gasteiger partial charge on any atom is 0.124 e. The fourth-order valence-corrected chi connectivity index (χ4v) is 6.80. The summed E-state index contributed by atoms with van der Waals surface area (Å²) < 4.78 is 0. The number of hydrogen-bond donors (Lipinski definition) is 2. The number of phenols is 2. The van der Waals surface area contributed by atoms with E-state index < -0.39 is 7.92 Å². The van der Waals surface area contributed by atoms with E-state index in [9.17, 15) is 10.2 Å². The van der Waals surface area contributed by atoms with Crippen LogP contribution in [0.25, 0.3) is 21.5 Å². The Morgan fingerprint density at radius 2 is 1.00 bits per heavy atom. The van der Waals surface area contributed by atoms with Gasteiger partial charge in [0.25, 0.3) is 0 Å². The summed E-state index contributed by atoms with van der Waals surface area (Å²) in [5, 5.41) is 27.8. The van der Waals surface area contributed by atoms with Gasteiger partial charge >= 0.3 is 0 Å². The lowest BCUT2D eigenvalue weighted by Crippen LogP contribution is -2.28. The Balaban J connectivity index is 2.13. The van der Waals surface area contributed by atoms with E-state index in [0.717, 1.165) is 32.2 Å². The highest BCUT2D eigenvalue weighted by Gasteiger charge is 2.34. The van der Waals surface area contributed by atoms with Crippen molar-refractivity contribution in [3.8, 4) is 11.5 Å². The molecular formula is C24H23O2P. The van der Waals surface area contributed by atoms with Crippen molar-refractivity contribution in [1.82, 2.24) is 0 Å². The van der Waals surface area contributed by atoms with Crippen molar-refractivity contribution in [2.45, 2.75) is 25.9 Å². The largest absolute Gasteiger partial charge is 0.507 e. The average Bonchev–Trinajstić information content (AvgIpc) is 2.64. The van der Waals surface area contributed by atoms with Gasteiger partial charge in [0.05, 0.1) is 0 Å². The van der Waals surface area contributed by atoms with Crippen LogP contribution < -0.4 is 10.6 Å². The number of benzene rings is 4. The van der Waals surface area contributed by atoms with Crippen LogP contribution in [0.1, 0.15) is 20.8 Å². The first-order valence-electron chi connectivity index (χ1n) is 9.09. The number of aromatic hydroxyl groups is 2. The molecule has 136 valence electrons. The van der Waals surface area contributed by atoms with Crippen molar-refractivity contribution in [2.75, 3.05) is 0 Å². The molecule has 3 heteroatoms. The molecule has 0 amide bonds. The Hall–Kier alpha value is -2.57. The van der Waals surface area contributed by atoms with E-state index in [1.54, 1.807) is 12.1 Å². The molecule has 4 aromatic rings. The highest BCUT2D eigenvalue weighted by molar-refractivity contribution is 7.75. The van der Waals surface area contributed by atoms with Gasteiger partial charge < -0.3 is 10.2 Å². The molecule has 0 aromatic heterocycles. The summed E-state index contributed by atoms with van der Waals surface area (Å²) in [6.07, 6.45) is 0. The molecule has 2 N–H and O–H groups in total. The minimum atomic E-state index is -1.03. The van der Waals surface area contributed by atoms with E-state index in [2.05, 4.69) is 45.0 Å². The number of phenolic OH excluding ortho intramolecular Hbond substituents is 2. The zero-order chi connectivity index (χ0) is 19.2. The van der Waals surface area contributed by atoms with Gasteiger partial charge in [-0.3, -0.25) is 0 Å². The summed E-state index contributed by atoms with van der Waals surface area (Å²) in [6, 6.07) is 23.8. The van der Waals surface area contributed by atoms with Gasteiger partial charge in [0.1, 0.15) is 11.5 Å². The van der Waals surface area contributed by atoms with Crippen molar-refractivity contribution in [1.29, 1.82) is 0 Å². The number of fused-ring (bicyclic) bond motifs is 2. The lowest BCUT2D eigenvalue weighted by atomic mass is 10.1. The second kappa shape index (κ2) is 6.55. The predicted molar refractivity (Wildman–Crippen MR) is 117 cm³/mol. The normalized spacial score (nSPS) is 12.1. The topological polar surface area (TPSA) is 40.5 Å². The van der Waals surface area contributed by atoms with Crippen LogP contribution in [0, 0.1) is 0 Å². The van der Waals surface area contributed by atoms with Gasteiger partial charge in [-0.15, -0.1) is 0 Å². The smallest absolute Gasteiger partial charge is 0.124 e. The molecule has 0 saturated heterocycles. The Morgan fingerprint density at radius 1 is 0.593 bits per heavy atom. The fourth-order valence-electron chi connectivity index (χ4n) is 3.74. The number of rotatable bonds is 2. The highest BCUT2D eigenvalue weighted by atomic mass is 31.1. The molecule has 0 radical (unpaired) electrons. The van der Waals surface area contributed by atoms with E-state index >= 15 is 0 Å². The predicted octanol–water partition coefficient (Wildman–Crippen LogP) is 5.64. The molecule has 4 rings (SSSR count). The second-order valence-corrected chi connectivity index (χ2v) is 10.7. The maximum atomic E-state index is 10.9. The van der Waals surface area contributed by atoms with Gasteiger partial charge in [0, 0.05) is 10.6 Å². The molecule has 0 spiro atoms. The molecule has 0 saturated carbocycles. The van der Waals surface area contributed by atoms with Crippen LogP contribution in [0.2, 0.25) is 0 Å². The van der Waals surface area contributed by atoms with Gasteiger partial charge in [0.15, 0.2) is 0 Å². The molecular weight excluding hydrogens is 351 g/mol. The van der Waals surface area contributed by atoms with Crippen LogP contribution >= 0.6 is 7.92 Å². The third-order valence-corrected chi connectivity index (χ3v) is 8.05. The maximum absolute atomic E-state index is 10.9. The first-order valence-corrected chi connectivity index (χ1v) is 10.4. The minimum absolute atomic E-state index is 0.154. The lowest BCUT2D eigenvalue weighted by molar-refractivity contribution is 0.479. The molecule has 27 heavy (non-hydrogen) atoms. The molecule has 2 nitrogen and oxygen atoms in total. The van der Waals surface area contributed by atoms with Gasteiger partial charge in [-0.2, -0.15) is 0 Å². The van der Waals surface area contributed by atoms with Gasteiger partial charge in [-0.05, 0) is 46.8 Å². The highest BCUT2D eigenvalue weighted by Crippen LogP contribution is 2.53. The average molecular weight is 374 g/mol. The fraction of sp³-hybridized carbons (Fsp3) is 0.167. The summed E-state index contributed by atoms with van der Waals surface area (Å²) in [7, 11) is -1.03. The summed E-state index contributed by atoms with van der Waals surface area (Å²) in [4.78, 5) is 0. The molecule has 0 aliphatic rings. The summed E-state index contributed by atoms with van der Waals surface area (Å²) >= 11 is 0. The zero-order valence-corrected chi connectivity index (χ0v) is 16.7. The quantitative estimate of drug-likeness (QED) is 0.446. The monoisotopic (exact) mass is 374 g/mol. The standard InChI is InChI=1S/C24H23O2P/c1-24(2,3)27(22-18-10-6-4-8-16(18)12-14-20(22)25)23-19-11-7-5-9-17(19)13-15-21(23)26/h4-15,25-26H,1-3H3. The first kappa shape index (κ1) is 17.8. The molecule has 0 aliphatic carbocycles. The Labute approximate surface area is 160 Å². The van der Waals surface area contributed by atoms with Crippen LogP contribution in [0.4, 0.5) is 0 Å². The van der Waals surface area contributed by atoms with Crippen LogP contribution in [0.3, 0.4) is 0 Å². The third-order valence-electron chi connectivity index (χ3n) is 4.88. The van der Waals surface area contributed by atoms with Gasteiger partial charge in [0.2, 0.25) is 0 Å². The second-order valence-electron chi connectivity index (χ2n) is 7.82. The molecule has 0 aliphatic heterocycles. The van der Waals surface area contributed by atoms with Crippen LogP contribution in [-0.2, 0) is 0 Å². The van der Waals surface area contributed by atoms with Crippen molar-refractivity contribution in [3.05, 3.63) is 72.8 Å². The van der Waals surface area contributed by atoms with E-state index in [1.165, 1.54) is 0 Å². The molecule has 4 aromatic carbocycles. The Bertz CT molecular complexity index is 1060. The van der Waals surface area contributed by atoms with E-state index in [-0.39, 0.29) is 5.16 Å². The van der Waals surface area contributed by atoms with E-state index in [4.69, 9.17) is 0 Å². The minimum Gasteiger partial charge on any atom is -0.507 e. The van der Waals surface area contributed by atoms with Crippen molar-refractivity contribution in [3.63, 3.8) is 0 Å². The van der Waals surface area contributed by atoms with Crippen molar-refractivity contribution < 1.29 is 10.2 Å². The van der Waals surface area contributed by atoms with Gasteiger partial charge in [-0.25, -0.2) is 0 Å². The molecule has 0 atom stereocenters. The lowest BCUT2D eigenvalue weighted by Gasteiger charge is -2.34. The SMILES string of the molecule is CC(C)(C)P(c1c(O)ccc2ccccc12)c1c(O)ccc2ccccc12. The summed E-state index contributed by atoms with van der Waals surface area (Å²) in [6.45, 7) is 6.55. The van der Waals surface area contributed by atoms with E-state index in [0.29, 0.717) is 11.5 Å². The van der Waals surface area contributed by atoms with E-state index in [1.807, 2.05) is 36.4 Å². The van der Waals surface area contributed by atoms with Gasteiger partial charge in [-0.1, -0.05) is 81.4 Å². The van der Waals surface area contributed by atoms with Crippen LogP contribution in [0.15, 0.2) is 72.8 Å². The van der Waals surface area contributed by atoms with Crippen molar-refractivity contribution in [2.24, 2.45) is 0 Å². The number of hydrogen-bond acceptors (Lipinski definition) is 2. The Kier molecular flexibility index (Phi) is 4.32. The van der Waals surface area contributed by atoms with Crippen LogP contribution in [0.5, 0.6) is 11.5 Å². The van der Waals surface area contributed by atoms with Crippen LogP contribution in [-0.4, -0.2) is 15.4 Å². The Morgan fingerprint density at radius 3 is 1.41 bits per heavy atom. The molecule has 0 fully saturated rings. The zero-order valence-electron chi connectivity index (χ0n) is 15.8.